The van der Waals surface area contributed by atoms with E-state index in [0.717, 1.165) is 35.9 Å². The fourth-order valence-electron chi connectivity index (χ4n) is 4.79. The van der Waals surface area contributed by atoms with E-state index in [1.807, 2.05) is 24.3 Å². The number of anilines is 1. The molecule has 1 aromatic heterocycles. The van der Waals surface area contributed by atoms with E-state index in [9.17, 15) is 14.4 Å². The first-order valence-corrected chi connectivity index (χ1v) is 11.8. The molecule has 0 unspecified atom stereocenters. The first-order chi connectivity index (χ1) is 15.1. The number of thiazole rings is 1. The van der Waals surface area contributed by atoms with Gasteiger partial charge in [-0.2, -0.15) is 0 Å². The van der Waals surface area contributed by atoms with Gasteiger partial charge >= 0.3 is 6.03 Å². The quantitative estimate of drug-likeness (QED) is 0.694. The molecule has 3 heterocycles. The van der Waals surface area contributed by atoms with Crippen molar-refractivity contribution in [2.45, 2.75) is 56.6 Å². The zero-order valence-electron chi connectivity index (χ0n) is 17.3. The second-order valence-corrected chi connectivity index (χ2v) is 9.54. The fraction of sp³-hybridized carbons (Fsp3) is 0.545. The van der Waals surface area contributed by atoms with Gasteiger partial charge in [-0.15, -0.1) is 0 Å². The predicted molar refractivity (Wildman–Crippen MR) is 117 cm³/mol. The number of para-hydroxylation sites is 1. The number of hydrogen-bond donors (Lipinski definition) is 1. The Labute approximate surface area is 184 Å². The first-order valence-electron chi connectivity index (χ1n) is 11.0. The number of carbonyl (C=O) groups excluding carboxylic acids is 3. The van der Waals surface area contributed by atoms with Gasteiger partial charge in [0.15, 0.2) is 5.13 Å². The van der Waals surface area contributed by atoms with Crippen LogP contribution in [0.1, 0.15) is 44.9 Å². The van der Waals surface area contributed by atoms with Gasteiger partial charge in [-0.05, 0) is 37.8 Å². The van der Waals surface area contributed by atoms with Gasteiger partial charge in [0.1, 0.15) is 5.54 Å². The highest BCUT2D eigenvalue weighted by molar-refractivity contribution is 7.22. The fourth-order valence-corrected chi connectivity index (χ4v) is 5.79. The second kappa shape index (κ2) is 8.20. The maximum atomic E-state index is 13.3. The van der Waals surface area contributed by atoms with Gasteiger partial charge in [-0.3, -0.25) is 19.4 Å². The van der Waals surface area contributed by atoms with Gasteiger partial charge in [-0.25, -0.2) is 9.78 Å². The Hall–Kier alpha value is -2.52. The maximum absolute atomic E-state index is 13.3. The molecule has 1 spiro atoms. The van der Waals surface area contributed by atoms with Gasteiger partial charge in [-0.1, -0.05) is 36.3 Å². The molecule has 1 aromatic carbocycles. The van der Waals surface area contributed by atoms with Crippen LogP contribution in [0.4, 0.5) is 9.93 Å². The minimum Gasteiger partial charge on any atom is -0.376 e. The molecule has 1 aliphatic carbocycles. The minimum atomic E-state index is -0.745. The number of benzene rings is 1. The molecule has 1 saturated carbocycles. The molecular formula is C22H26N4O4S. The Bertz CT molecular complexity index is 977. The summed E-state index contributed by atoms with van der Waals surface area (Å²) in [4.78, 5) is 46.1. The summed E-state index contributed by atoms with van der Waals surface area (Å²) in [6, 6.07) is 7.41. The molecule has 8 nitrogen and oxygen atoms in total. The van der Waals surface area contributed by atoms with E-state index >= 15 is 0 Å². The average Bonchev–Trinajstić information content (AvgIpc) is 3.54. The zero-order chi connectivity index (χ0) is 21.4. The van der Waals surface area contributed by atoms with Crippen LogP contribution in [0.2, 0.25) is 0 Å². The normalized spacial score (nSPS) is 22.6. The molecule has 164 valence electrons. The first kappa shape index (κ1) is 20.4. The number of urea groups is 1. The topological polar surface area (TPSA) is 91.8 Å². The van der Waals surface area contributed by atoms with Crippen LogP contribution in [0.5, 0.6) is 0 Å². The number of aromatic nitrogens is 1. The standard InChI is InChI=1S/C22H26N4O4S/c27-18(9-12-25-19(28)22(24-20(25)29)10-3-4-11-22)26(14-15-6-5-13-30-15)21-23-16-7-1-2-8-17(16)31-21/h1-2,7-8,15H,3-6,9-14H2,(H,24,29)/t15-/m0/s1. The summed E-state index contributed by atoms with van der Waals surface area (Å²) in [5, 5.41) is 3.50. The number of ether oxygens (including phenoxy) is 1. The Kier molecular flexibility index (Phi) is 5.39. The molecule has 0 radical (unpaired) electrons. The number of nitrogens with zero attached hydrogens (tertiary/aromatic N) is 3. The molecule has 2 aromatic rings. The van der Waals surface area contributed by atoms with E-state index in [0.29, 0.717) is 31.1 Å². The van der Waals surface area contributed by atoms with E-state index in [1.165, 1.54) is 16.2 Å². The summed E-state index contributed by atoms with van der Waals surface area (Å²) in [5.74, 6) is -0.337. The minimum absolute atomic E-state index is 0.0190. The van der Waals surface area contributed by atoms with Crippen molar-refractivity contribution in [3.8, 4) is 0 Å². The number of amides is 4. The van der Waals surface area contributed by atoms with Gasteiger partial charge < -0.3 is 10.1 Å². The summed E-state index contributed by atoms with van der Waals surface area (Å²) < 4.78 is 6.77. The van der Waals surface area contributed by atoms with Crippen LogP contribution in [-0.2, 0) is 14.3 Å². The summed E-state index contributed by atoms with van der Waals surface area (Å²) >= 11 is 1.47. The second-order valence-electron chi connectivity index (χ2n) is 8.53. The van der Waals surface area contributed by atoms with E-state index in [1.54, 1.807) is 4.90 Å². The molecule has 3 fully saturated rings. The lowest BCUT2D eigenvalue weighted by Gasteiger charge is -2.24. The lowest BCUT2D eigenvalue weighted by Crippen LogP contribution is -2.44. The van der Waals surface area contributed by atoms with Crippen molar-refractivity contribution in [1.29, 1.82) is 0 Å². The largest absolute Gasteiger partial charge is 0.376 e. The van der Waals surface area contributed by atoms with Crippen molar-refractivity contribution in [2.24, 2.45) is 0 Å². The number of rotatable bonds is 6. The van der Waals surface area contributed by atoms with Crippen molar-refractivity contribution < 1.29 is 19.1 Å². The van der Waals surface area contributed by atoms with Crippen molar-refractivity contribution >= 4 is 44.5 Å². The molecule has 0 bridgehead atoms. The smallest absolute Gasteiger partial charge is 0.325 e. The lowest BCUT2D eigenvalue weighted by atomic mass is 9.98. The molecule has 2 aliphatic heterocycles. The highest BCUT2D eigenvalue weighted by Gasteiger charge is 2.52. The lowest BCUT2D eigenvalue weighted by molar-refractivity contribution is -0.131. The SMILES string of the molecule is O=C1NC2(CCCC2)C(=O)N1CCC(=O)N(C[C@@H]1CCCO1)c1nc2ccccc2s1. The van der Waals surface area contributed by atoms with Crippen molar-refractivity contribution in [3.05, 3.63) is 24.3 Å². The third-order valence-electron chi connectivity index (χ3n) is 6.48. The van der Waals surface area contributed by atoms with Crippen LogP contribution in [-0.4, -0.2) is 59.1 Å². The number of hydrogen-bond acceptors (Lipinski definition) is 6. The van der Waals surface area contributed by atoms with Crippen LogP contribution < -0.4 is 10.2 Å². The molecular weight excluding hydrogens is 416 g/mol. The van der Waals surface area contributed by atoms with E-state index < -0.39 is 5.54 Å². The molecule has 1 N–H and O–H groups in total. The number of nitrogens with one attached hydrogen (secondary N) is 1. The predicted octanol–water partition coefficient (Wildman–Crippen LogP) is 3.06. The van der Waals surface area contributed by atoms with Gasteiger partial charge in [0, 0.05) is 19.6 Å². The summed E-state index contributed by atoms with van der Waals surface area (Å²) in [5.41, 5.74) is 0.106. The van der Waals surface area contributed by atoms with E-state index in [-0.39, 0.29) is 36.9 Å². The molecule has 4 amide bonds. The third kappa shape index (κ3) is 3.80. The average molecular weight is 443 g/mol. The van der Waals surface area contributed by atoms with Crippen LogP contribution >= 0.6 is 11.3 Å². The van der Waals surface area contributed by atoms with Crippen molar-refractivity contribution in [2.75, 3.05) is 24.6 Å². The summed E-state index contributed by atoms with van der Waals surface area (Å²) in [7, 11) is 0. The Morgan fingerprint density at radius 1 is 1.26 bits per heavy atom. The molecule has 2 saturated heterocycles. The summed E-state index contributed by atoms with van der Waals surface area (Å²) in [6.45, 7) is 1.22. The maximum Gasteiger partial charge on any atom is 0.325 e. The molecule has 31 heavy (non-hydrogen) atoms. The van der Waals surface area contributed by atoms with Crippen LogP contribution in [0, 0.1) is 0 Å². The Balaban J connectivity index is 1.32. The van der Waals surface area contributed by atoms with E-state index in [4.69, 9.17) is 4.74 Å². The van der Waals surface area contributed by atoms with Crippen LogP contribution in [0.15, 0.2) is 24.3 Å². The third-order valence-corrected chi connectivity index (χ3v) is 7.54. The van der Waals surface area contributed by atoms with Crippen LogP contribution in [0.3, 0.4) is 0 Å². The highest BCUT2D eigenvalue weighted by atomic mass is 32.1. The van der Waals surface area contributed by atoms with E-state index in [2.05, 4.69) is 10.3 Å². The highest BCUT2D eigenvalue weighted by Crippen LogP contribution is 2.35. The summed E-state index contributed by atoms with van der Waals surface area (Å²) in [6.07, 6.45) is 5.17. The van der Waals surface area contributed by atoms with Crippen molar-refractivity contribution in [1.82, 2.24) is 15.2 Å². The van der Waals surface area contributed by atoms with Gasteiger partial charge in [0.05, 0.1) is 22.9 Å². The van der Waals surface area contributed by atoms with Crippen molar-refractivity contribution in [3.63, 3.8) is 0 Å². The molecule has 1 atom stereocenters. The molecule has 5 rings (SSSR count). The Morgan fingerprint density at radius 3 is 2.81 bits per heavy atom. The number of carbonyl (C=O) groups is 3. The molecule has 3 aliphatic rings. The monoisotopic (exact) mass is 442 g/mol. The number of fused-ring (bicyclic) bond motifs is 1. The van der Waals surface area contributed by atoms with Gasteiger partial charge in [0.25, 0.3) is 5.91 Å². The van der Waals surface area contributed by atoms with Crippen LogP contribution in [0.25, 0.3) is 10.2 Å². The zero-order valence-corrected chi connectivity index (χ0v) is 18.2. The molecule has 9 heteroatoms. The Morgan fingerprint density at radius 2 is 2.06 bits per heavy atom. The van der Waals surface area contributed by atoms with Gasteiger partial charge in [0.2, 0.25) is 5.91 Å². The number of imide groups is 1.